The van der Waals surface area contributed by atoms with Crippen LogP contribution in [0.5, 0.6) is 0 Å². The lowest BCUT2D eigenvalue weighted by Crippen LogP contribution is -2.23. The van der Waals surface area contributed by atoms with Crippen molar-refractivity contribution in [1.82, 2.24) is 5.32 Å². The molecule has 2 aromatic rings. The molecule has 2 rings (SSSR count). The average molecular weight is 348 g/mol. The number of benzene rings is 2. The molecule has 0 aliphatic heterocycles. The summed E-state index contributed by atoms with van der Waals surface area (Å²) >= 11 is 3.48. The van der Waals surface area contributed by atoms with Gasteiger partial charge in [0.05, 0.1) is 6.61 Å². The Morgan fingerprint density at radius 2 is 1.86 bits per heavy atom. The van der Waals surface area contributed by atoms with Crippen molar-refractivity contribution in [2.24, 2.45) is 0 Å². The molecule has 0 aliphatic carbocycles. The Morgan fingerprint density at radius 3 is 2.62 bits per heavy atom. The minimum Gasteiger partial charge on any atom is -0.392 e. The van der Waals surface area contributed by atoms with Crippen LogP contribution in [0.2, 0.25) is 0 Å². The number of carbonyl (C=O) groups is 1. The summed E-state index contributed by atoms with van der Waals surface area (Å²) in [5, 5.41) is 12.0. The van der Waals surface area contributed by atoms with E-state index in [1.54, 1.807) is 0 Å². The normalized spacial score (nSPS) is 10.4. The fraction of sp³-hybridized carbons (Fsp3) is 0.235. The highest BCUT2D eigenvalue weighted by molar-refractivity contribution is 9.10. The van der Waals surface area contributed by atoms with Gasteiger partial charge in [0.15, 0.2) is 0 Å². The van der Waals surface area contributed by atoms with Gasteiger partial charge in [-0.15, -0.1) is 0 Å². The molecule has 0 aliphatic rings. The molecule has 0 spiro atoms. The van der Waals surface area contributed by atoms with E-state index in [2.05, 4.69) is 21.2 Å². The van der Waals surface area contributed by atoms with Gasteiger partial charge in [-0.1, -0.05) is 58.4 Å². The molecule has 0 bridgehead atoms. The van der Waals surface area contributed by atoms with E-state index in [0.29, 0.717) is 19.4 Å². The Bertz CT molecular complexity index is 613. The minimum atomic E-state index is 0.0177. The molecule has 2 N–H and O–H groups in total. The van der Waals surface area contributed by atoms with Crippen LogP contribution in [-0.2, 0) is 24.4 Å². The van der Waals surface area contributed by atoms with Crippen LogP contribution in [0.25, 0.3) is 0 Å². The number of nitrogens with one attached hydrogen (secondary N) is 1. The third kappa shape index (κ3) is 4.99. The lowest BCUT2D eigenvalue weighted by molar-refractivity contribution is -0.121. The van der Waals surface area contributed by atoms with Crippen LogP contribution in [-0.4, -0.2) is 11.0 Å². The SMILES string of the molecule is O=C(CCc1ccccc1Br)NCc1cccc(CO)c1. The van der Waals surface area contributed by atoms with Crippen LogP contribution < -0.4 is 5.32 Å². The molecule has 110 valence electrons. The van der Waals surface area contributed by atoms with E-state index in [1.165, 1.54) is 0 Å². The number of halogens is 1. The molecule has 0 heterocycles. The highest BCUT2D eigenvalue weighted by Crippen LogP contribution is 2.17. The van der Waals surface area contributed by atoms with Crippen molar-refractivity contribution < 1.29 is 9.90 Å². The number of hydrogen-bond acceptors (Lipinski definition) is 2. The molecule has 3 nitrogen and oxygen atoms in total. The quantitative estimate of drug-likeness (QED) is 0.842. The van der Waals surface area contributed by atoms with Crippen LogP contribution in [0.4, 0.5) is 0 Å². The summed E-state index contributed by atoms with van der Waals surface area (Å²) in [7, 11) is 0. The number of amides is 1. The molecule has 2 aromatic carbocycles. The van der Waals surface area contributed by atoms with Crippen LogP contribution >= 0.6 is 15.9 Å². The summed E-state index contributed by atoms with van der Waals surface area (Å²) in [6.07, 6.45) is 1.17. The first-order valence-electron chi connectivity index (χ1n) is 6.88. The van der Waals surface area contributed by atoms with Crippen molar-refractivity contribution >= 4 is 21.8 Å². The fourth-order valence-corrected chi connectivity index (χ4v) is 2.56. The molecule has 1 amide bonds. The molecule has 0 atom stereocenters. The predicted molar refractivity (Wildman–Crippen MR) is 86.7 cm³/mol. The van der Waals surface area contributed by atoms with Crippen LogP contribution in [0, 0.1) is 0 Å². The number of aryl methyl sites for hydroxylation is 1. The van der Waals surface area contributed by atoms with E-state index in [9.17, 15) is 4.79 Å². The second kappa shape index (κ2) is 7.96. The first kappa shape index (κ1) is 15.7. The van der Waals surface area contributed by atoms with Gasteiger partial charge in [-0.3, -0.25) is 4.79 Å². The molecule has 0 unspecified atom stereocenters. The molecule has 4 heteroatoms. The van der Waals surface area contributed by atoms with Gasteiger partial charge in [-0.05, 0) is 29.2 Å². The molecule has 0 radical (unpaired) electrons. The van der Waals surface area contributed by atoms with Crippen LogP contribution in [0.1, 0.15) is 23.1 Å². The number of aliphatic hydroxyl groups is 1. The van der Waals surface area contributed by atoms with Crippen molar-refractivity contribution in [2.45, 2.75) is 26.0 Å². The van der Waals surface area contributed by atoms with E-state index < -0.39 is 0 Å². The van der Waals surface area contributed by atoms with E-state index in [1.807, 2.05) is 48.5 Å². The lowest BCUT2D eigenvalue weighted by Gasteiger charge is -2.07. The first-order chi connectivity index (χ1) is 10.2. The van der Waals surface area contributed by atoms with Crippen molar-refractivity contribution in [3.8, 4) is 0 Å². The number of carbonyl (C=O) groups excluding carboxylic acids is 1. The maximum absolute atomic E-state index is 11.9. The zero-order chi connectivity index (χ0) is 15.1. The summed E-state index contributed by atoms with van der Waals surface area (Å²) in [6, 6.07) is 15.5. The third-order valence-corrected chi connectivity index (χ3v) is 4.02. The summed E-state index contributed by atoms with van der Waals surface area (Å²) < 4.78 is 1.04. The standard InChI is InChI=1S/C17H18BrNO2/c18-16-7-2-1-6-15(16)8-9-17(21)19-11-13-4-3-5-14(10-13)12-20/h1-7,10,20H,8-9,11-12H2,(H,19,21). The fourth-order valence-electron chi connectivity index (χ4n) is 2.08. The number of hydrogen-bond donors (Lipinski definition) is 2. The molecule has 21 heavy (non-hydrogen) atoms. The largest absolute Gasteiger partial charge is 0.392 e. The molecular weight excluding hydrogens is 330 g/mol. The maximum atomic E-state index is 11.9. The van der Waals surface area contributed by atoms with Crippen LogP contribution in [0.15, 0.2) is 53.0 Å². The van der Waals surface area contributed by atoms with Crippen LogP contribution in [0.3, 0.4) is 0 Å². The smallest absolute Gasteiger partial charge is 0.220 e. The van der Waals surface area contributed by atoms with Crippen molar-refractivity contribution in [3.63, 3.8) is 0 Å². The lowest BCUT2D eigenvalue weighted by atomic mass is 10.1. The van der Waals surface area contributed by atoms with Gasteiger partial charge in [0.1, 0.15) is 0 Å². The zero-order valence-corrected chi connectivity index (χ0v) is 13.3. The first-order valence-corrected chi connectivity index (χ1v) is 7.67. The number of rotatable bonds is 6. The average Bonchev–Trinajstić information content (AvgIpc) is 2.52. The Labute approximate surface area is 133 Å². The number of aliphatic hydroxyl groups excluding tert-OH is 1. The predicted octanol–water partition coefficient (Wildman–Crippen LogP) is 3.19. The topological polar surface area (TPSA) is 49.3 Å². The van der Waals surface area contributed by atoms with Crippen molar-refractivity contribution in [2.75, 3.05) is 0 Å². The van der Waals surface area contributed by atoms with Gasteiger partial charge >= 0.3 is 0 Å². The van der Waals surface area contributed by atoms with Gasteiger partial charge in [-0.25, -0.2) is 0 Å². The highest BCUT2D eigenvalue weighted by atomic mass is 79.9. The van der Waals surface area contributed by atoms with Gasteiger partial charge in [0.2, 0.25) is 5.91 Å². The Kier molecular flexibility index (Phi) is 5.96. The maximum Gasteiger partial charge on any atom is 0.220 e. The molecule has 0 fully saturated rings. The van der Waals surface area contributed by atoms with E-state index >= 15 is 0 Å². The van der Waals surface area contributed by atoms with E-state index in [0.717, 1.165) is 21.2 Å². The second-order valence-corrected chi connectivity index (χ2v) is 5.70. The summed E-state index contributed by atoms with van der Waals surface area (Å²) in [4.78, 5) is 11.9. The third-order valence-electron chi connectivity index (χ3n) is 3.24. The monoisotopic (exact) mass is 347 g/mol. The second-order valence-electron chi connectivity index (χ2n) is 4.85. The van der Waals surface area contributed by atoms with Gasteiger partial charge in [0, 0.05) is 17.4 Å². The van der Waals surface area contributed by atoms with Gasteiger partial charge in [0.25, 0.3) is 0 Å². The van der Waals surface area contributed by atoms with E-state index in [4.69, 9.17) is 5.11 Å². The van der Waals surface area contributed by atoms with Crippen molar-refractivity contribution in [1.29, 1.82) is 0 Å². The Hall–Kier alpha value is -1.65. The summed E-state index contributed by atoms with van der Waals surface area (Å²) in [6.45, 7) is 0.506. The van der Waals surface area contributed by atoms with Gasteiger partial charge < -0.3 is 10.4 Å². The Morgan fingerprint density at radius 1 is 1.10 bits per heavy atom. The summed E-state index contributed by atoms with van der Waals surface area (Å²) in [5.74, 6) is 0.0279. The highest BCUT2D eigenvalue weighted by Gasteiger charge is 2.05. The molecular formula is C17H18BrNO2. The zero-order valence-electron chi connectivity index (χ0n) is 11.7. The molecule has 0 saturated carbocycles. The van der Waals surface area contributed by atoms with Crippen molar-refractivity contribution in [3.05, 3.63) is 69.7 Å². The van der Waals surface area contributed by atoms with E-state index in [-0.39, 0.29) is 12.5 Å². The molecule has 0 saturated heterocycles. The van der Waals surface area contributed by atoms with Gasteiger partial charge in [-0.2, -0.15) is 0 Å². The molecule has 0 aromatic heterocycles. The Balaban J connectivity index is 1.81. The minimum absolute atomic E-state index is 0.0177. The summed E-state index contributed by atoms with van der Waals surface area (Å²) in [5.41, 5.74) is 2.99.